The molecule has 3 rings (SSSR count). The molecule has 0 fully saturated rings. The van der Waals surface area contributed by atoms with Crippen LogP contribution >= 0.6 is 11.8 Å². The standard InChI is InChI=1S/C30H37N3O5S2/c1-6-26(30(35)31-4)32(20-23-12-10-11-22(3)19-23)29(34)21-33(27-13-8-9-14-28(27)38-7-2)40(36,37)25-17-15-24(39-5)16-18-25/h8-19,26H,6-7,20-21H2,1-5H3,(H,31,35)/t26-/m0/s1. The number of hydrogen-bond acceptors (Lipinski definition) is 6. The predicted octanol–water partition coefficient (Wildman–Crippen LogP) is 4.86. The van der Waals surface area contributed by atoms with Crippen molar-refractivity contribution in [2.24, 2.45) is 0 Å². The third-order valence-corrected chi connectivity index (χ3v) is 8.95. The number of amides is 2. The topological polar surface area (TPSA) is 96.0 Å². The molecule has 0 aliphatic heterocycles. The van der Waals surface area contributed by atoms with Gasteiger partial charge >= 0.3 is 0 Å². The Morgan fingerprint density at radius 2 is 1.70 bits per heavy atom. The second kappa shape index (κ2) is 14.2. The highest BCUT2D eigenvalue weighted by atomic mass is 32.2. The van der Waals surface area contributed by atoms with Gasteiger partial charge in [0.1, 0.15) is 18.3 Å². The van der Waals surface area contributed by atoms with Gasteiger partial charge in [0.15, 0.2) is 0 Å². The van der Waals surface area contributed by atoms with Gasteiger partial charge in [-0.3, -0.25) is 13.9 Å². The van der Waals surface area contributed by atoms with E-state index >= 15 is 0 Å². The Labute approximate surface area is 241 Å². The maximum absolute atomic E-state index is 14.1. The molecule has 0 aliphatic rings. The molecule has 0 spiro atoms. The Morgan fingerprint density at radius 1 is 1.00 bits per heavy atom. The van der Waals surface area contributed by atoms with Crippen molar-refractivity contribution in [3.8, 4) is 5.75 Å². The first-order valence-electron chi connectivity index (χ1n) is 13.1. The Bertz CT molecular complexity index is 1410. The van der Waals surface area contributed by atoms with E-state index in [4.69, 9.17) is 4.74 Å². The molecule has 10 heteroatoms. The fourth-order valence-corrected chi connectivity index (χ4v) is 6.26. The van der Waals surface area contributed by atoms with Crippen LogP contribution in [-0.2, 0) is 26.2 Å². The zero-order valence-corrected chi connectivity index (χ0v) is 25.2. The first-order chi connectivity index (χ1) is 19.2. The molecule has 0 bridgehead atoms. The number of carbonyl (C=O) groups is 2. The summed E-state index contributed by atoms with van der Waals surface area (Å²) >= 11 is 1.50. The van der Waals surface area contributed by atoms with Crippen molar-refractivity contribution < 1.29 is 22.7 Å². The number of rotatable bonds is 13. The van der Waals surface area contributed by atoms with Crippen LogP contribution in [0, 0.1) is 6.92 Å². The molecule has 0 aliphatic carbocycles. The van der Waals surface area contributed by atoms with Gasteiger partial charge in [-0.05, 0) is 68.5 Å². The van der Waals surface area contributed by atoms with Gasteiger partial charge in [-0.15, -0.1) is 11.8 Å². The Morgan fingerprint density at radius 3 is 2.30 bits per heavy atom. The average Bonchev–Trinajstić information content (AvgIpc) is 2.96. The average molecular weight is 584 g/mol. The van der Waals surface area contributed by atoms with E-state index in [-0.39, 0.29) is 23.0 Å². The van der Waals surface area contributed by atoms with Crippen LogP contribution in [0.2, 0.25) is 0 Å². The van der Waals surface area contributed by atoms with Crippen molar-refractivity contribution >= 4 is 39.3 Å². The van der Waals surface area contributed by atoms with E-state index in [1.165, 1.54) is 35.8 Å². The highest BCUT2D eigenvalue weighted by Crippen LogP contribution is 2.33. The van der Waals surface area contributed by atoms with Crippen molar-refractivity contribution in [3.63, 3.8) is 0 Å². The minimum Gasteiger partial charge on any atom is -0.492 e. The Hall–Kier alpha value is -3.50. The summed E-state index contributed by atoms with van der Waals surface area (Å²) in [6.45, 7) is 5.53. The van der Waals surface area contributed by atoms with Crippen molar-refractivity contribution in [1.82, 2.24) is 10.2 Å². The maximum atomic E-state index is 14.1. The molecule has 1 atom stereocenters. The molecule has 2 amide bonds. The molecular weight excluding hydrogens is 546 g/mol. The summed E-state index contributed by atoms with van der Waals surface area (Å²) in [7, 11) is -2.67. The van der Waals surface area contributed by atoms with Gasteiger partial charge in [0.2, 0.25) is 11.8 Å². The number of benzene rings is 3. The smallest absolute Gasteiger partial charge is 0.264 e. The molecule has 3 aromatic rings. The summed E-state index contributed by atoms with van der Waals surface area (Å²) in [6.07, 6.45) is 2.27. The summed E-state index contributed by atoms with van der Waals surface area (Å²) in [6, 6.07) is 20.2. The molecule has 0 saturated heterocycles. The van der Waals surface area contributed by atoms with E-state index in [1.807, 2.05) is 44.4 Å². The minimum atomic E-state index is -4.19. The maximum Gasteiger partial charge on any atom is 0.264 e. The van der Waals surface area contributed by atoms with Gasteiger partial charge in [0.05, 0.1) is 17.2 Å². The van der Waals surface area contributed by atoms with Gasteiger partial charge in [-0.1, -0.05) is 48.9 Å². The Kier molecular flexibility index (Phi) is 11.0. The van der Waals surface area contributed by atoms with E-state index in [2.05, 4.69) is 5.32 Å². The summed E-state index contributed by atoms with van der Waals surface area (Å²) in [4.78, 5) is 29.4. The third-order valence-electron chi connectivity index (χ3n) is 6.43. The number of carbonyl (C=O) groups excluding carboxylic acids is 2. The number of sulfonamides is 1. The number of nitrogens with zero attached hydrogens (tertiary/aromatic N) is 2. The second-order valence-electron chi connectivity index (χ2n) is 9.14. The molecule has 8 nitrogen and oxygen atoms in total. The Balaban J connectivity index is 2.11. The molecule has 3 aromatic carbocycles. The van der Waals surface area contributed by atoms with E-state index in [9.17, 15) is 18.0 Å². The number of aryl methyl sites for hydroxylation is 1. The summed E-state index contributed by atoms with van der Waals surface area (Å²) in [5.74, 6) is -0.487. The van der Waals surface area contributed by atoms with Crippen LogP contribution < -0.4 is 14.4 Å². The SMILES string of the molecule is CCOc1ccccc1N(CC(=O)N(Cc1cccc(C)c1)[C@@H](CC)C(=O)NC)S(=O)(=O)c1ccc(SC)cc1. The number of para-hydroxylation sites is 2. The second-order valence-corrected chi connectivity index (χ2v) is 11.9. The number of nitrogens with one attached hydrogen (secondary N) is 1. The van der Waals surface area contributed by atoms with Crippen LogP contribution in [0.15, 0.2) is 82.6 Å². The first-order valence-corrected chi connectivity index (χ1v) is 15.8. The fraction of sp³-hybridized carbons (Fsp3) is 0.333. The largest absolute Gasteiger partial charge is 0.492 e. The molecule has 1 N–H and O–H groups in total. The molecule has 40 heavy (non-hydrogen) atoms. The van der Waals surface area contributed by atoms with Crippen molar-refractivity contribution in [2.75, 3.05) is 30.8 Å². The quantitative estimate of drug-likeness (QED) is 0.289. The van der Waals surface area contributed by atoms with E-state index < -0.39 is 28.5 Å². The van der Waals surface area contributed by atoms with Crippen LogP contribution in [0.1, 0.15) is 31.4 Å². The summed E-state index contributed by atoms with van der Waals surface area (Å²) < 4.78 is 35.0. The number of thioether (sulfide) groups is 1. The van der Waals surface area contributed by atoms with E-state index in [1.54, 1.807) is 43.3 Å². The number of likely N-dealkylation sites (N-methyl/N-ethyl adjacent to an activating group) is 1. The van der Waals surface area contributed by atoms with Crippen LogP contribution in [-0.4, -0.2) is 57.6 Å². The van der Waals surface area contributed by atoms with E-state index in [0.29, 0.717) is 18.8 Å². The number of ether oxygens (including phenoxy) is 1. The predicted molar refractivity (Wildman–Crippen MR) is 160 cm³/mol. The highest BCUT2D eigenvalue weighted by molar-refractivity contribution is 7.98. The van der Waals surface area contributed by atoms with Gasteiger partial charge in [0, 0.05) is 18.5 Å². The van der Waals surface area contributed by atoms with Crippen molar-refractivity contribution in [3.05, 3.63) is 83.9 Å². The molecule has 0 unspecified atom stereocenters. The van der Waals surface area contributed by atoms with Gasteiger partial charge in [0.25, 0.3) is 10.0 Å². The lowest BCUT2D eigenvalue weighted by Gasteiger charge is -2.33. The van der Waals surface area contributed by atoms with Crippen LogP contribution in [0.25, 0.3) is 0 Å². The molecule has 214 valence electrons. The molecule has 0 heterocycles. The summed E-state index contributed by atoms with van der Waals surface area (Å²) in [5.41, 5.74) is 2.10. The van der Waals surface area contributed by atoms with Crippen LogP contribution in [0.3, 0.4) is 0 Å². The first kappa shape index (κ1) is 31.0. The van der Waals surface area contributed by atoms with Gasteiger partial charge in [-0.25, -0.2) is 8.42 Å². The fourth-order valence-electron chi connectivity index (χ4n) is 4.42. The zero-order valence-electron chi connectivity index (χ0n) is 23.6. The molecular formula is C30H37N3O5S2. The lowest BCUT2D eigenvalue weighted by molar-refractivity contribution is -0.140. The lowest BCUT2D eigenvalue weighted by atomic mass is 10.1. The number of anilines is 1. The normalized spacial score (nSPS) is 11.9. The molecule has 0 radical (unpaired) electrons. The molecule has 0 aromatic heterocycles. The van der Waals surface area contributed by atoms with Crippen molar-refractivity contribution in [2.45, 2.75) is 49.6 Å². The monoisotopic (exact) mass is 583 g/mol. The van der Waals surface area contributed by atoms with Gasteiger partial charge < -0.3 is 15.0 Å². The minimum absolute atomic E-state index is 0.0491. The van der Waals surface area contributed by atoms with Gasteiger partial charge in [-0.2, -0.15) is 0 Å². The zero-order chi connectivity index (χ0) is 29.3. The van der Waals surface area contributed by atoms with Crippen LogP contribution in [0.5, 0.6) is 5.75 Å². The number of hydrogen-bond donors (Lipinski definition) is 1. The van der Waals surface area contributed by atoms with E-state index in [0.717, 1.165) is 20.3 Å². The summed E-state index contributed by atoms with van der Waals surface area (Å²) in [5, 5.41) is 2.64. The van der Waals surface area contributed by atoms with Crippen LogP contribution in [0.4, 0.5) is 5.69 Å². The third kappa shape index (κ3) is 7.37. The highest BCUT2D eigenvalue weighted by Gasteiger charge is 2.34. The lowest BCUT2D eigenvalue weighted by Crippen LogP contribution is -2.51. The van der Waals surface area contributed by atoms with Crippen molar-refractivity contribution in [1.29, 1.82) is 0 Å². The molecule has 0 saturated carbocycles.